The third-order valence-electron chi connectivity index (χ3n) is 2.35. The van der Waals surface area contributed by atoms with Crippen molar-refractivity contribution in [3.05, 3.63) is 35.9 Å². The number of carbonyl (C=O) groups is 1. The number of ether oxygens (including phenoxy) is 1. The largest absolute Gasteiger partial charge is 0.462 e. The molecule has 0 fully saturated rings. The van der Waals surface area contributed by atoms with Gasteiger partial charge in [0.05, 0.1) is 11.5 Å². The summed E-state index contributed by atoms with van der Waals surface area (Å²) in [4.78, 5) is 11.9. The Balaban J connectivity index is 2.88. The SMILES string of the molecule is CC(C)OC(=O)C(C)(C)c1ccccc1. The second-order valence-corrected chi connectivity index (χ2v) is 4.45. The highest BCUT2D eigenvalue weighted by Crippen LogP contribution is 2.24. The number of carbonyl (C=O) groups excluding carboxylic acids is 1. The third-order valence-corrected chi connectivity index (χ3v) is 2.35. The molecule has 0 N–H and O–H groups in total. The first-order valence-corrected chi connectivity index (χ1v) is 5.21. The molecule has 0 aromatic heterocycles. The average Bonchev–Trinajstić information content (AvgIpc) is 2.18. The quantitative estimate of drug-likeness (QED) is 0.711. The Morgan fingerprint density at radius 3 is 2.20 bits per heavy atom. The molecule has 82 valence electrons. The first-order chi connectivity index (χ1) is 6.94. The molecule has 0 amide bonds. The van der Waals surface area contributed by atoms with Gasteiger partial charge in [-0.15, -0.1) is 0 Å². The topological polar surface area (TPSA) is 26.3 Å². The van der Waals surface area contributed by atoms with Gasteiger partial charge in [-0.25, -0.2) is 0 Å². The van der Waals surface area contributed by atoms with Crippen molar-refractivity contribution >= 4 is 5.97 Å². The number of hydrogen-bond donors (Lipinski definition) is 0. The Kier molecular flexibility index (Phi) is 3.51. The van der Waals surface area contributed by atoms with Gasteiger partial charge in [0.15, 0.2) is 0 Å². The van der Waals surface area contributed by atoms with E-state index in [2.05, 4.69) is 0 Å². The van der Waals surface area contributed by atoms with E-state index < -0.39 is 5.41 Å². The van der Waals surface area contributed by atoms with Gasteiger partial charge in [-0.2, -0.15) is 0 Å². The standard InChI is InChI=1S/C13H18O2/c1-10(2)15-12(14)13(3,4)11-8-6-5-7-9-11/h5-10H,1-4H3. The van der Waals surface area contributed by atoms with Gasteiger partial charge in [0, 0.05) is 0 Å². The Morgan fingerprint density at radius 2 is 1.73 bits per heavy atom. The molecular weight excluding hydrogens is 188 g/mol. The van der Waals surface area contributed by atoms with Gasteiger partial charge in [0.25, 0.3) is 0 Å². The van der Waals surface area contributed by atoms with Crippen molar-refractivity contribution in [3.8, 4) is 0 Å². The van der Waals surface area contributed by atoms with Crippen LogP contribution in [0.1, 0.15) is 33.3 Å². The van der Waals surface area contributed by atoms with Gasteiger partial charge >= 0.3 is 5.97 Å². The predicted molar refractivity (Wildman–Crippen MR) is 60.7 cm³/mol. The lowest BCUT2D eigenvalue weighted by Crippen LogP contribution is -2.32. The molecule has 0 saturated heterocycles. The number of hydrogen-bond acceptors (Lipinski definition) is 2. The van der Waals surface area contributed by atoms with Crippen molar-refractivity contribution in [2.75, 3.05) is 0 Å². The molecule has 15 heavy (non-hydrogen) atoms. The highest BCUT2D eigenvalue weighted by Gasteiger charge is 2.31. The van der Waals surface area contributed by atoms with Crippen LogP contribution in [0.5, 0.6) is 0 Å². The predicted octanol–water partition coefficient (Wildman–Crippen LogP) is 2.92. The average molecular weight is 206 g/mol. The maximum atomic E-state index is 11.9. The summed E-state index contributed by atoms with van der Waals surface area (Å²) in [7, 11) is 0. The van der Waals surface area contributed by atoms with E-state index in [1.807, 2.05) is 58.0 Å². The zero-order valence-electron chi connectivity index (χ0n) is 9.78. The van der Waals surface area contributed by atoms with E-state index in [0.29, 0.717) is 0 Å². The zero-order chi connectivity index (χ0) is 11.5. The smallest absolute Gasteiger partial charge is 0.316 e. The van der Waals surface area contributed by atoms with Crippen LogP contribution in [0.25, 0.3) is 0 Å². The van der Waals surface area contributed by atoms with E-state index in [1.165, 1.54) is 0 Å². The second kappa shape index (κ2) is 4.47. The van der Waals surface area contributed by atoms with E-state index in [4.69, 9.17) is 4.74 Å². The molecule has 2 heteroatoms. The fraction of sp³-hybridized carbons (Fsp3) is 0.462. The van der Waals surface area contributed by atoms with Gasteiger partial charge in [-0.1, -0.05) is 30.3 Å². The van der Waals surface area contributed by atoms with Crippen LogP contribution in [0.2, 0.25) is 0 Å². The van der Waals surface area contributed by atoms with Crippen LogP contribution in [0.15, 0.2) is 30.3 Å². The van der Waals surface area contributed by atoms with Crippen LogP contribution < -0.4 is 0 Å². The molecule has 2 nitrogen and oxygen atoms in total. The second-order valence-electron chi connectivity index (χ2n) is 4.45. The molecule has 0 saturated carbocycles. The first kappa shape index (κ1) is 11.8. The first-order valence-electron chi connectivity index (χ1n) is 5.21. The lowest BCUT2D eigenvalue weighted by atomic mass is 9.85. The Morgan fingerprint density at radius 1 is 1.20 bits per heavy atom. The van der Waals surface area contributed by atoms with Gasteiger partial charge in [-0.3, -0.25) is 4.79 Å². The van der Waals surface area contributed by atoms with Crippen molar-refractivity contribution < 1.29 is 9.53 Å². The Hall–Kier alpha value is -1.31. The van der Waals surface area contributed by atoms with Crippen LogP contribution >= 0.6 is 0 Å². The fourth-order valence-corrected chi connectivity index (χ4v) is 1.33. The van der Waals surface area contributed by atoms with Crippen LogP contribution in [0.3, 0.4) is 0 Å². The van der Waals surface area contributed by atoms with Crippen LogP contribution in [-0.4, -0.2) is 12.1 Å². The summed E-state index contributed by atoms with van der Waals surface area (Å²) in [5, 5.41) is 0. The van der Waals surface area contributed by atoms with Crippen LogP contribution in [0.4, 0.5) is 0 Å². The van der Waals surface area contributed by atoms with Crippen LogP contribution in [0, 0.1) is 0 Å². The van der Waals surface area contributed by atoms with Crippen LogP contribution in [-0.2, 0) is 14.9 Å². The molecule has 0 radical (unpaired) electrons. The van der Waals surface area contributed by atoms with Gasteiger partial charge < -0.3 is 4.74 Å². The minimum atomic E-state index is -0.578. The summed E-state index contributed by atoms with van der Waals surface area (Å²) in [5.74, 6) is -0.177. The van der Waals surface area contributed by atoms with Crippen molar-refractivity contribution in [1.82, 2.24) is 0 Å². The summed E-state index contributed by atoms with van der Waals surface area (Å²) in [6, 6.07) is 9.69. The summed E-state index contributed by atoms with van der Waals surface area (Å²) in [6.45, 7) is 7.48. The maximum Gasteiger partial charge on any atom is 0.316 e. The molecule has 1 aromatic carbocycles. The number of esters is 1. The van der Waals surface area contributed by atoms with Crippen molar-refractivity contribution in [2.24, 2.45) is 0 Å². The molecule has 1 rings (SSSR count). The zero-order valence-corrected chi connectivity index (χ0v) is 9.78. The minimum absolute atomic E-state index is 0.0690. The van der Waals surface area contributed by atoms with Gasteiger partial charge in [0.1, 0.15) is 0 Å². The third kappa shape index (κ3) is 2.82. The molecular formula is C13H18O2. The van der Waals surface area contributed by atoms with E-state index >= 15 is 0 Å². The van der Waals surface area contributed by atoms with Crippen molar-refractivity contribution in [3.63, 3.8) is 0 Å². The molecule has 0 unspecified atom stereocenters. The van der Waals surface area contributed by atoms with E-state index in [0.717, 1.165) is 5.56 Å². The lowest BCUT2D eigenvalue weighted by Gasteiger charge is -2.24. The Labute approximate surface area is 91.3 Å². The maximum absolute atomic E-state index is 11.9. The highest BCUT2D eigenvalue weighted by molar-refractivity contribution is 5.82. The highest BCUT2D eigenvalue weighted by atomic mass is 16.5. The minimum Gasteiger partial charge on any atom is -0.462 e. The summed E-state index contributed by atoms with van der Waals surface area (Å²) in [6.07, 6.45) is -0.0690. The van der Waals surface area contributed by atoms with E-state index in [9.17, 15) is 4.79 Å². The normalized spacial score (nSPS) is 11.5. The van der Waals surface area contributed by atoms with Crippen molar-refractivity contribution in [2.45, 2.75) is 39.2 Å². The lowest BCUT2D eigenvalue weighted by molar-refractivity contribution is -0.153. The number of benzene rings is 1. The molecule has 0 spiro atoms. The molecule has 0 aliphatic heterocycles. The fourth-order valence-electron chi connectivity index (χ4n) is 1.33. The number of rotatable bonds is 3. The van der Waals surface area contributed by atoms with E-state index in [-0.39, 0.29) is 12.1 Å². The summed E-state index contributed by atoms with van der Waals surface area (Å²) < 4.78 is 5.23. The van der Waals surface area contributed by atoms with Gasteiger partial charge in [-0.05, 0) is 33.3 Å². The van der Waals surface area contributed by atoms with E-state index in [1.54, 1.807) is 0 Å². The molecule has 0 atom stereocenters. The monoisotopic (exact) mass is 206 g/mol. The Bertz CT molecular complexity index is 326. The summed E-state index contributed by atoms with van der Waals surface area (Å²) >= 11 is 0. The molecule has 0 bridgehead atoms. The molecule has 0 aliphatic carbocycles. The van der Waals surface area contributed by atoms with Crippen molar-refractivity contribution in [1.29, 1.82) is 0 Å². The van der Waals surface area contributed by atoms with Gasteiger partial charge in [0.2, 0.25) is 0 Å². The molecule has 0 heterocycles. The summed E-state index contributed by atoms with van der Waals surface area (Å²) in [5.41, 5.74) is 0.404. The molecule has 1 aromatic rings. The molecule has 0 aliphatic rings.